The SMILES string of the molecule is CCOc1cccc(C(=O)N2CCN(c3cccc(C(F)(F)F)c3)CC2)c1. The Kier molecular flexibility index (Phi) is 5.58. The van der Waals surface area contributed by atoms with E-state index in [4.69, 9.17) is 4.74 Å². The Balaban J connectivity index is 1.65. The molecule has 2 aromatic rings. The molecule has 1 saturated heterocycles. The predicted molar refractivity (Wildman–Crippen MR) is 97.2 cm³/mol. The molecule has 7 heteroatoms. The Bertz CT molecular complexity index is 800. The van der Waals surface area contributed by atoms with Crippen LogP contribution < -0.4 is 9.64 Å². The Morgan fingerprint density at radius 2 is 1.74 bits per heavy atom. The van der Waals surface area contributed by atoms with Crippen LogP contribution >= 0.6 is 0 Å². The molecule has 144 valence electrons. The van der Waals surface area contributed by atoms with Crippen molar-refractivity contribution in [1.82, 2.24) is 4.90 Å². The highest BCUT2D eigenvalue weighted by atomic mass is 19.4. The number of benzene rings is 2. The van der Waals surface area contributed by atoms with Gasteiger partial charge in [-0.2, -0.15) is 13.2 Å². The number of ether oxygens (including phenoxy) is 1. The van der Waals surface area contributed by atoms with Crippen molar-refractivity contribution in [2.45, 2.75) is 13.1 Å². The van der Waals surface area contributed by atoms with Gasteiger partial charge in [0.05, 0.1) is 12.2 Å². The summed E-state index contributed by atoms with van der Waals surface area (Å²) in [5.74, 6) is 0.547. The highest BCUT2D eigenvalue weighted by molar-refractivity contribution is 5.94. The quantitative estimate of drug-likeness (QED) is 0.804. The molecule has 1 heterocycles. The van der Waals surface area contributed by atoms with E-state index in [0.29, 0.717) is 49.8 Å². The Morgan fingerprint density at radius 1 is 1.04 bits per heavy atom. The van der Waals surface area contributed by atoms with Crippen LogP contribution in [0, 0.1) is 0 Å². The first-order chi connectivity index (χ1) is 12.9. The third-order valence-corrected chi connectivity index (χ3v) is 4.50. The lowest BCUT2D eigenvalue weighted by molar-refractivity contribution is -0.137. The molecule has 0 radical (unpaired) electrons. The van der Waals surface area contributed by atoms with Gasteiger partial charge in [-0.25, -0.2) is 0 Å². The van der Waals surface area contributed by atoms with E-state index in [1.54, 1.807) is 35.2 Å². The minimum atomic E-state index is -4.36. The first-order valence-electron chi connectivity index (χ1n) is 8.83. The lowest BCUT2D eigenvalue weighted by atomic mass is 10.1. The topological polar surface area (TPSA) is 32.8 Å². The molecule has 1 aliphatic rings. The molecule has 0 spiro atoms. The van der Waals surface area contributed by atoms with Gasteiger partial charge in [0.1, 0.15) is 5.75 Å². The van der Waals surface area contributed by atoms with E-state index in [1.165, 1.54) is 6.07 Å². The molecule has 4 nitrogen and oxygen atoms in total. The summed E-state index contributed by atoms with van der Waals surface area (Å²) in [5, 5.41) is 0. The van der Waals surface area contributed by atoms with Crippen molar-refractivity contribution in [2.75, 3.05) is 37.7 Å². The number of halogens is 3. The minimum absolute atomic E-state index is 0.0970. The third-order valence-electron chi connectivity index (χ3n) is 4.50. The number of carbonyl (C=O) groups is 1. The number of rotatable bonds is 4. The number of piperazine rings is 1. The average Bonchev–Trinajstić information content (AvgIpc) is 2.67. The summed E-state index contributed by atoms with van der Waals surface area (Å²) >= 11 is 0. The maximum absolute atomic E-state index is 12.9. The zero-order chi connectivity index (χ0) is 19.4. The van der Waals surface area contributed by atoms with Crippen LogP contribution in [0.2, 0.25) is 0 Å². The Labute approximate surface area is 156 Å². The number of hydrogen-bond donors (Lipinski definition) is 0. The second-order valence-corrected chi connectivity index (χ2v) is 6.29. The number of carbonyl (C=O) groups excluding carboxylic acids is 1. The molecule has 1 aliphatic heterocycles. The van der Waals surface area contributed by atoms with Crippen molar-refractivity contribution >= 4 is 11.6 Å². The van der Waals surface area contributed by atoms with Crippen molar-refractivity contribution in [3.63, 3.8) is 0 Å². The van der Waals surface area contributed by atoms with Crippen molar-refractivity contribution in [1.29, 1.82) is 0 Å². The fourth-order valence-electron chi connectivity index (χ4n) is 3.11. The molecule has 1 amide bonds. The molecule has 0 N–H and O–H groups in total. The van der Waals surface area contributed by atoms with Gasteiger partial charge >= 0.3 is 6.18 Å². The molecule has 3 rings (SSSR count). The predicted octanol–water partition coefficient (Wildman–Crippen LogP) is 4.07. The van der Waals surface area contributed by atoms with E-state index in [-0.39, 0.29) is 5.91 Å². The molecule has 0 aliphatic carbocycles. The zero-order valence-electron chi connectivity index (χ0n) is 15.0. The van der Waals surface area contributed by atoms with Crippen LogP contribution in [0.5, 0.6) is 5.75 Å². The zero-order valence-corrected chi connectivity index (χ0v) is 15.0. The molecular weight excluding hydrogens is 357 g/mol. The van der Waals surface area contributed by atoms with Gasteiger partial charge in [-0.05, 0) is 43.3 Å². The number of alkyl halides is 3. The molecule has 2 aromatic carbocycles. The highest BCUT2D eigenvalue weighted by Crippen LogP contribution is 2.32. The summed E-state index contributed by atoms with van der Waals surface area (Å²) in [5.41, 5.74) is 0.412. The monoisotopic (exact) mass is 378 g/mol. The first kappa shape index (κ1) is 19.1. The van der Waals surface area contributed by atoms with Gasteiger partial charge in [0, 0.05) is 37.4 Å². The third kappa shape index (κ3) is 4.53. The maximum atomic E-state index is 12.9. The molecule has 1 fully saturated rings. The van der Waals surface area contributed by atoms with Gasteiger partial charge < -0.3 is 14.5 Å². The van der Waals surface area contributed by atoms with Crippen LogP contribution in [0.15, 0.2) is 48.5 Å². The van der Waals surface area contributed by atoms with Gasteiger partial charge in [-0.1, -0.05) is 12.1 Å². The molecule has 0 bridgehead atoms. The van der Waals surface area contributed by atoms with E-state index < -0.39 is 11.7 Å². The Morgan fingerprint density at radius 3 is 2.41 bits per heavy atom. The smallest absolute Gasteiger partial charge is 0.416 e. The second kappa shape index (κ2) is 7.90. The van der Waals surface area contributed by atoms with E-state index in [1.807, 2.05) is 11.8 Å². The van der Waals surface area contributed by atoms with Gasteiger partial charge in [-0.15, -0.1) is 0 Å². The summed E-state index contributed by atoms with van der Waals surface area (Å²) in [4.78, 5) is 16.3. The number of amides is 1. The molecule has 0 saturated carbocycles. The first-order valence-corrected chi connectivity index (χ1v) is 8.83. The minimum Gasteiger partial charge on any atom is -0.494 e. The standard InChI is InChI=1S/C20H21F3N2O2/c1-2-27-18-8-3-5-15(13-18)19(26)25-11-9-24(10-12-25)17-7-4-6-16(14-17)20(21,22)23/h3-8,13-14H,2,9-12H2,1H3. The van der Waals surface area contributed by atoms with Gasteiger partial charge in [-0.3, -0.25) is 4.79 Å². The summed E-state index contributed by atoms with van der Waals surface area (Å²) < 4.78 is 44.1. The van der Waals surface area contributed by atoms with Crippen molar-refractivity contribution < 1.29 is 22.7 Å². The van der Waals surface area contributed by atoms with E-state index in [2.05, 4.69) is 0 Å². The molecule has 0 aromatic heterocycles. The fourth-order valence-corrected chi connectivity index (χ4v) is 3.11. The van der Waals surface area contributed by atoms with E-state index in [9.17, 15) is 18.0 Å². The van der Waals surface area contributed by atoms with Crippen LogP contribution in [-0.2, 0) is 6.18 Å². The van der Waals surface area contributed by atoms with Crippen molar-refractivity contribution in [2.24, 2.45) is 0 Å². The van der Waals surface area contributed by atoms with Gasteiger partial charge in [0.15, 0.2) is 0 Å². The van der Waals surface area contributed by atoms with Crippen molar-refractivity contribution in [3.05, 3.63) is 59.7 Å². The number of nitrogens with zero attached hydrogens (tertiary/aromatic N) is 2. The summed E-state index contributed by atoms with van der Waals surface area (Å²) in [6.07, 6.45) is -4.36. The Hall–Kier alpha value is -2.70. The highest BCUT2D eigenvalue weighted by Gasteiger charge is 2.31. The average molecular weight is 378 g/mol. The molecule has 0 atom stereocenters. The van der Waals surface area contributed by atoms with Gasteiger partial charge in [0.2, 0.25) is 0 Å². The maximum Gasteiger partial charge on any atom is 0.416 e. The summed E-state index contributed by atoms with van der Waals surface area (Å²) in [7, 11) is 0. The normalized spacial score (nSPS) is 15.0. The van der Waals surface area contributed by atoms with Crippen LogP contribution in [0.25, 0.3) is 0 Å². The van der Waals surface area contributed by atoms with Crippen LogP contribution in [0.3, 0.4) is 0 Å². The van der Waals surface area contributed by atoms with Crippen LogP contribution in [-0.4, -0.2) is 43.6 Å². The van der Waals surface area contributed by atoms with Crippen LogP contribution in [0.4, 0.5) is 18.9 Å². The lowest BCUT2D eigenvalue weighted by Crippen LogP contribution is -2.48. The molecule has 27 heavy (non-hydrogen) atoms. The van der Waals surface area contributed by atoms with E-state index in [0.717, 1.165) is 12.1 Å². The molecular formula is C20H21F3N2O2. The number of hydrogen-bond acceptors (Lipinski definition) is 3. The largest absolute Gasteiger partial charge is 0.494 e. The van der Waals surface area contributed by atoms with E-state index >= 15 is 0 Å². The summed E-state index contributed by atoms with van der Waals surface area (Å²) in [6.45, 7) is 4.27. The second-order valence-electron chi connectivity index (χ2n) is 6.29. The molecule has 0 unspecified atom stereocenters. The lowest BCUT2D eigenvalue weighted by Gasteiger charge is -2.36. The van der Waals surface area contributed by atoms with Crippen molar-refractivity contribution in [3.8, 4) is 5.75 Å². The van der Waals surface area contributed by atoms with Crippen LogP contribution in [0.1, 0.15) is 22.8 Å². The number of anilines is 1. The van der Waals surface area contributed by atoms with Gasteiger partial charge in [0.25, 0.3) is 5.91 Å². The fraction of sp³-hybridized carbons (Fsp3) is 0.350. The summed E-state index contributed by atoms with van der Waals surface area (Å²) in [6, 6.07) is 12.3.